The van der Waals surface area contributed by atoms with Crippen LogP contribution in [0.25, 0.3) is 10.9 Å². The molecule has 3 rings (SSSR count). The van der Waals surface area contributed by atoms with E-state index in [1.807, 2.05) is 0 Å². The van der Waals surface area contributed by atoms with Gasteiger partial charge in [0.15, 0.2) is 0 Å². The molecule has 2 aromatic rings. The number of nitrogens with zero attached hydrogens (tertiary/aromatic N) is 1. The lowest BCUT2D eigenvalue weighted by Crippen LogP contribution is -2.23. The van der Waals surface area contributed by atoms with Crippen molar-refractivity contribution in [1.82, 2.24) is 9.88 Å². The molecule has 0 bridgehead atoms. The van der Waals surface area contributed by atoms with Crippen molar-refractivity contribution in [2.75, 3.05) is 0 Å². The third kappa shape index (κ3) is 1.59. The van der Waals surface area contributed by atoms with Crippen LogP contribution < -0.4 is 5.32 Å². The number of benzene rings is 1. The number of aromatic nitrogens is 1. The summed E-state index contributed by atoms with van der Waals surface area (Å²) in [5.74, 6) is 0. The molecule has 1 aliphatic rings. The van der Waals surface area contributed by atoms with E-state index in [1.54, 1.807) is 0 Å². The molecule has 0 aliphatic carbocycles. The van der Waals surface area contributed by atoms with Crippen LogP contribution in [-0.2, 0) is 19.5 Å². The monoisotopic (exact) mass is 228 g/mol. The molecule has 0 saturated heterocycles. The fourth-order valence-corrected chi connectivity index (χ4v) is 2.92. The summed E-state index contributed by atoms with van der Waals surface area (Å²) in [7, 11) is 0. The van der Waals surface area contributed by atoms with Gasteiger partial charge in [0, 0.05) is 30.2 Å². The Morgan fingerprint density at radius 1 is 1.35 bits per heavy atom. The minimum Gasteiger partial charge on any atom is -0.343 e. The average Bonchev–Trinajstić information content (AvgIpc) is 2.83. The van der Waals surface area contributed by atoms with E-state index < -0.39 is 0 Å². The molecule has 1 aliphatic heterocycles. The Morgan fingerprint density at radius 2 is 2.18 bits per heavy atom. The van der Waals surface area contributed by atoms with Gasteiger partial charge in [-0.3, -0.25) is 0 Å². The van der Waals surface area contributed by atoms with Crippen LogP contribution in [0, 0.1) is 6.92 Å². The minimum atomic E-state index is 0.543. The number of nitrogens with one attached hydrogen (secondary N) is 1. The second kappa shape index (κ2) is 3.88. The number of aryl methyl sites for hydroxylation is 3. The van der Waals surface area contributed by atoms with Crippen molar-refractivity contribution in [3.63, 3.8) is 0 Å². The molecule has 0 radical (unpaired) electrons. The fourth-order valence-electron chi connectivity index (χ4n) is 2.92. The van der Waals surface area contributed by atoms with Gasteiger partial charge in [-0.2, -0.15) is 0 Å². The quantitative estimate of drug-likeness (QED) is 0.854. The van der Waals surface area contributed by atoms with E-state index in [2.05, 4.69) is 48.9 Å². The van der Waals surface area contributed by atoms with Gasteiger partial charge in [-0.05, 0) is 24.5 Å². The maximum Gasteiger partial charge on any atom is 0.0519 e. The molecule has 2 heteroatoms. The number of hydrogen-bond donors (Lipinski definition) is 1. The first kappa shape index (κ1) is 10.8. The van der Waals surface area contributed by atoms with Crippen LogP contribution in [-0.4, -0.2) is 10.6 Å². The Kier molecular flexibility index (Phi) is 2.48. The first-order valence-corrected chi connectivity index (χ1v) is 6.51. The van der Waals surface area contributed by atoms with E-state index in [0.717, 1.165) is 13.1 Å². The van der Waals surface area contributed by atoms with Crippen LogP contribution >= 0.6 is 0 Å². The Bertz CT molecular complexity index is 564. The topological polar surface area (TPSA) is 17.0 Å². The minimum absolute atomic E-state index is 0.543. The van der Waals surface area contributed by atoms with Gasteiger partial charge in [0.1, 0.15) is 0 Å². The second-order valence-corrected chi connectivity index (χ2v) is 5.32. The predicted octanol–water partition coefficient (Wildman–Crippen LogP) is 3.00. The summed E-state index contributed by atoms with van der Waals surface area (Å²) >= 11 is 0. The third-order valence-electron chi connectivity index (χ3n) is 3.83. The summed E-state index contributed by atoms with van der Waals surface area (Å²) in [5, 5.41) is 4.99. The van der Waals surface area contributed by atoms with Gasteiger partial charge in [0.2, 0.25) is 0 Å². The summed E-state index contributed by atoms with van der Waals surface area (Å²) in [6, 6.07) is 7.26. The average molecular weight is 228 g/mol. The van der Waals surface area contributed by atoms with Crippen LogP contribution in [0.3, 0.4) is 0 Å². The molecule has 0 saturated carbocycles. The molecule has 0 unspecified atom stereocenters. The first-order chi connectivity index (χ1) is 8.18. The van der Waals surface area contributed by atoms with E-state index in [0.29, 0.717) is 6.04 Å². The van der Waals surface area contributed by atoms with Crippen molar-refractivity contribution in [3.05, 3.63) is 35.0 Å². The highest BCUT2D eigenvalue weighted by Crippen LogP contribution is 2.32. The molecule has 17 heavy (non-hydrogen) atoms. The summed E-state index contributed by atoms with van der Waals surface area (Å²) in [6.45, 7) is 8.79. The number of rotatable bonds is 3. The van der Waals surface area contributed by atoms with Crippen LogP contribution in [0.2, 0.25) is 0 Å². The largest absolute Gasteiger partial charge is 0.343 e. The molecule has 0 amide bonds. The molecule has 0 fully saturated rings. The molecule has 2 heterocycles. The van der Waals surface area contributed by atoms with E-state index in [4.69, 9.17) is 0 Å². The highest BCUT2D eigenvalue weighted by Gasteiger charge is 2.20. The molecule has 1 aromatic carbocycles. The highest BCUT2D eigenvalue weighted by atomic mass is 15.0. The molecule has 90 valence electrons. The standard InChI is InChI=1S/C15H20N2/c1-10(2)16-9-14-11(3)13-6-4-5-12-7-8-17(14)15(12)13/h4-6,10,16H,7-9H2,1-3H3. The third-order valence-corrected chi connectivity index (χ3v) is 3.83. The van der Waals surface area contributed by atoms with Crippen molar-refractivity contribution in [2.24, 2.45) is 0 Å². The normalized spacial score (nSPS) is 14.1. The van der Waals surface area contributed by atoms with Crippen LogP contribution in [0.1, 0.15) is 30.7 Å². The van der Waals surface area contributed by atoms with Crippen molar-refractivity contribution in [1.29, 1.82) is 0 Å². The molecule has 2 nitrogen and oxygen atoms in total. The zero-order chi connectivity index (χ0) is 12.0. The molecule has 0 atom stereocenters. The fraction of sp³-hybridized carbons (Fsp3) is 0.467. The lowest BCUT2D eigenvalue weighted by atomic mass is 10.1. The molecular formula is C15H20N2. The van der Waals surface area contributed by atoms with Crippen molar-refractivity contribution >= 4 is 10.9 Å². The zero-order valence-corrected chi connectivity index (χ0v) is 10.9. The van der Waals surface area contributed by atoms with Crippen LogP contribution in [0.4, 0.5) is 0 Å². The van der Waals surface area contributed by atoms with Gasteiger partial charge in [0.25, 0.3) is 0 Å². The van der Waals surface area contributed by atoms with Gasteiger partial charge in [0.05, 0.1) is 5.52 Å². The van der Waals surface area contributed by atoms with E-state index in [1.165, 1.54) is 34.1 Å². The van der Waals surface area contributed by atoms with Crippen LogP contribution in [0.5, 0.6) is 0 Å². The maximum absolute atomic E-state index is 3.54. The molecule has 1 N–H and O–H groups in total. The Morgan fingerprint density at radius 3 is 2.94 bits per heavy atom. The van der Waals surface area contributed by atoms with Gasteiger partial charge in [-0.25, -0.2) is 0 Å². The zero-order valence-electron chi connectivity index (χ0n) is 10.9. The Labute approximate surface area is 103 Å². The molecule has 1 aromatic heterocycles. The van der Waals surface area contributed by atoms with E-state index in [9.17, 15) is 0 Å². The number of hydrogen-bond acceptors (Lipinski definition) is 1. The summed E-state index contributed by atoms with van der Waals surface area (Å²) in [6.07, 6.45) is 1.20. The maximum atomic E-state index is 3.54. The lowest BCUT2D eigenvalue weighted by Gasteiger charge is -2.11. The Hall–Kier alpha value is -1.28. The van der Waals surface area contributed by atoms with E-state index >= 15 is 0 Å². The SMILES string of the molecule is Cc1c(CNC(C)C)n2c3c(cccc13)CC2. The lowest BCUT2D eigenvalue weighted by molar-refractivity contribution is 0.562. The number of para-hydroxylation sites is 1. The smallest absolute Gasteiger partial charge is 0.0519 e. The summed E-state index contributed by atoms with van der Waals surface area (Å²) in [4.78, 5) is 0. The van der Waals surface area contributed by atoms with Crippen LogP contribution in [0.15, 0.2) is 18.2 Å². The Balaban J connectivity index is 2.12. The van der Waals surface area contributed by atoms with Gasteiger partial charge in [-0.1, -0.05) is 32.0 Å². The van der Waals surface area contributed by atoms with Crippen molar-refractivity contribution in [2.45, 2.75) is 46.3 Å². The summed E-state index contributed by atoms with van der Waals surface area (Å²) < 4.78 is 2.51. The molecule has 0 spiro atoms. The summed E-state index contributed by atoms with van der Waals surface area (Å²) in [5.41, 5.74) is 5.92. The molecular weight excluding hydrogens is 208 g/mol. The van der Waals surface area contributed by atoms with Gasteiger partial charge in [-0.15, -0.1) is 0 Å². The highest BCUT2D eigenvalue weighted by molar-refractivity contribution is 5.89. The van der Waals surface area contributed by atoms with Crippen molar-refractivity contribution in [3.8, 4) is 0 Å². The van der Waals surface area contributed by atoms with Crippen molar-refractivity contribution < 1.29 is 0 Å². The van der Waals surface area contributed by atoms with Gasteiger partial charge >= 0.3 is 0 Å². The van der Waals surface area contributed by atoms with E-state index in [-0.39, 0.29) is 0 Å². The first-order valence-electron chi connectivity index (χ1n) is 6.51. The predicted molar refractivity (Wildman–Crippen MR) is 72.4 cm³/mol. The second-order valence-electron chi connectivity index (χ2n) is 5.32. The van der Waals surface area contributed by atoms with Gasteiger partial charge < -0.3 is 9.88 Å².